The second-order valence-electron chi connectivity index (χ2n) is 8.01. The van der Waals surface area contributed by atoms with E-state index in [9.17, 15) is 17.6 Å². The van der Waals surface area contributed by atoms with E-state index in [0.29, 0.717) is 5.56 Å². The summed E-state index contributed by atoms with van der Waals surface area (Å²) in [5, 5.41) is 2.96. The zero-order valence-electron chi connectivity index (χ0n) is 19.5. The first-order valence-corrected chi connectivity index (χ1v) is 12.6. The van der Waals surface area contributed by atoms with Crippen molar-refractivity contribution in [3.8, 4) is 5.75 Å². The molecule has 2 amide bonds. The third-order valence-electron chi connectivity index (χ3n) is 5.53. The number of hydrogen-bond donors (Lipinski definition) is 1. The van der Waals surface area contributed by atoms with Gasteiger partial charge in [0.15, 0.2) is 0 Å². The summed E-state index contributed by atoms with van der Waals surface area (Å²) in [4.78, 5) is 14.7. The molecular formula is C26H29FN2O4S. The van der Waals surface area contributed by atoms with Crippen LogP contribution in [0.1, 0.15) is 38.3 Å². The predicted molar refractivity (Wildman–Crippen MR) is 131 cm³/mol. The molecule has 6 nitrogen and oxygen atoms in total. The minimum Gasteiger partial charge on any atom is -0.379 e. The van der Waals surface area contributed by atoms with Crippen LogP contribution < -0.4 is 9.50 Å². The number of carbonyl (C=O) groups excluding carboxylic acids is 1. The molecule has 1 N–H and O–H groups in total. The van der Waals surface area contributed by atoms with Gasteiger partial charge in [-0.15, -0.1) is 0 Å². The van der Waals surface area contributed by atoms with Crippen LogP contribution in [0.5, 0.6) is 5.75 Å². The Morgan fingerprint density at radius 2 is 1.68 bits per heavy atom. The van der Waals surface area contributed by atoms with E-state index >= 15 is 0 Å². The average Bonchev–Trinajstić information content (AvgIpc) is 2.82. The molecular weight excluding hydrogens is 455 g/mol. The monoisotopic (exact) mass is 484 g/mol. The maximum absolute atomic E-state index is 13.1. The molecule has 3 aromatic carbocycles. The highest BCUT2D eigenvalue weighted by Gasteiger charge is 2.21. The van der Waals surface area contributed by atoms with Crippen LogP contribution in [0.4, 0.5) is 14.9 Å². The van der Waals surface area contributed by atoms with Gasteiger partial charge in [-0.3, -0.25) is 0 Å². The summed E-state index contributed by atoms with van der Waals surface area (Å²) in [6.07, 6.45) is 1.62. The molecule has 0 spiro atoms. The zero-order valence-corrected chi connectivity index (χ0v) is 20.3. The number of anilines is 1. The Kier molecular flexibility index (Phi) is 8.28. The van der Waals surface area contributed by atoms with Crippen LogP contribution in [0, 0.1) is 5.82 Å². The van der Waals surface area contributed by atoms with Crippen LogP contribution in [0.15, 0.2) is 77.7 Å². The molecule has 1 atom stereocenters. The van der Waals surface area contributed by atoms with Gasteiger partial charge in [0, 0.05) is 18.3 Å². The summed E-state index contributed by atoms with van der Waals surface area (Å²) in [5.74, 6) is -0.423. The van der Waals surface area contributed by atoms with Gasteiger partial charge in [-0.2, -0.15) is 8.42 Å². The van der Waals surface area contributed by atoms with E-state index < -0.39 is 15.9 Å². The first kappa shape index (κ1) is 25.2. The Balaban J connectivity index is 1.77. The molecule has 3 aromatic rings. The van der Waals surface area contributed by atoms with Crippen LogP contribution in [-0.2, 0) is 23.1 Å². The van der Waals surface area contributed by atoms with Crippen LogP contribution in [0.3, 0.4) is 0 Å². The molecule has 3 rings (SSSR count). The van der Waals surface area contributed by atoms with Crippen molar-refractivity contribution in [3.05, 3.63) is 89.7 Å². The molecule has 180 valence electrons. The Bertz CT molecular complexity index is 1230. The summed E-state index contributed by atoms with van der Waals surface area (Å²) in [5.41, 5.74) is 2.56. The molecule has 0 heterocycles. The van der Waals surface area contributed by atoms with Gasteiger partial charge in [-0.25, -0.2) is 9.18 Å². The third-order valence-corrected chi connectivity index (χ3v) is 6.79. The van der Waals surface area contributed by atoms with Gasteiger partial charge in [0.1, 0.15) is 16.5 Å². The van der Waals surface area contributed by atoms with Gasteiger partial charge in [0.05, 0.1) is 0 Å². The first-order chi connectivity index (χ1) is 16.2. The number of amides is 2. The minimum atomic E-state index is -4.12. The number of hydrogen-bond acceptors (Lipinski definition) is 4. The number of nitrogens with zero attached hydrogens (tertiary/aromatic N) is 1. The standard InChI is InChI=1S/C26H29FN2O4S/c1-4-19(3)29(26(30)28-23-10-6-8-20(5-2)16-23)18-21-9-7-11-24(17-21)33-34(31,32)25-14-12-22(27)13-15-25/h6-17,19H,4-5,18H2,1-3H3,(H,28,30). The summed E-state index contributed by atoms with van der Waals surface area (Å²) in [7, 11) is -4.12. The quantitative estimate of drug-likeness (QED) is 0.379. The summed E-state index contributed by atoms with van der Waals surface area (Å²) >= 11 is 0. The second kappa shape index (κ2) is 11.2. The summed E-state index contributed by atoms with van der Waals surface area (Å²) in [6, 6.07) is 18.4. The first-order valence-electron chi connectivity index (χ1n) is 11.2. The van der Waals surface area contributed by atoms with Crippen molar-refractivity contribution in [2.75, 3.05) is 5.32 Å². The molecule has 0 fully saturated rings. The Morgan fingerprint density at radius 3 is 2.35 bits per heavy atom. The number of benzene rings is 3. The molecule has 0 saturated heterocycles. The number of carbonyl (C=O) groups is 1. The molecule has 34 heavy (non-hydrogen) atoms. The van der Waals surface area contributed by atoms with Gasteiger partial charge in [-0.05, 0) is 79.4 Å². The van der Waals surface area contributed by atoms with E-state index in [2.05, 4.69) is 12.2 Å². The van der Waals surface area contributed by atoms with Gasteiger partial charge in [0.2, 0.25) is 0 Å². The Hall–Kier alpha value is -3.39. The lowest BCUT2D eigenvalue weighted by molar-refractivity contribution is 0.187. The fourth-order valence-corrected chi connectivity index (χ4v) is 4.30. The van der Waals surface area contributed by atoms with Crippen molar-refractivity contribution in [3.63, 3.8) is 0 Å². The highest BCUT2D eigenvalue weighted by Crippen LogP contribution is 2.22. The van der Waals surface area contributed by atoms with E-state index in [1.165, 1.54) is 6.07 Å². The lowest BCUT2D eigenvalue weighted by atomic mass is 10.1. The molecule has 0 aliphatic rings. The van der Waals surface area contributed by atoms with E-state index in [4.69, 9.17) is 4.18 Å². The van der Waals surface area contributed by atoms with Crippen LogP contribution in [0.2, 0.25) is 0 Å². The van der Waals surface area contributed by atoms with E-state index in [1.54, 1.807) is 23.1 Å². The van der Waals surface area contributed by atoms with Crippen molar-refractivity contribution >= 4 is 21.8 Å². The lowest BCUT2D eigenvalue weighted by Gasteiger charge is -2.29. The smallest absolute Gasteiger partial charge is 0.339 e. The van der Waals surface area contributed by atoms with Crippen LogP contribution >= 0.6 is 0 Å². The number of aryl methyl sites for hydroxylation is 1. The van der Waals surface area contributed by atoms with E-state index in [1.807, 2.05) is 38.1 Å². The zero-order chi connectivity index (χ0) is 24.7. The van der Waals surface area contributed by atoms with Gasteiger partial charge >= 0.3 is 16.1 Å². The maximum Gasteiger partial charge on any atom is 0.339 e. The van der Waals surface area contributed by atoms with Gasteiger partial charge < -0.3 is 14.4 Å². The molecule has 0 aromatic heterocycles. The number of halogens is 1. The van der Waals surface area contributed by atoms with Crippen molar-refractivity contribution in [1.29, 1.82) is 0 Å². The molecule has 0 aliphatic carbocycles. The molecule has 0 radical (unpaired) electrons. The lowest BCUT2D eigenvalue weighted by Crippen LogP contribution is -2.40. The molecule has 0 bridgehead atoms. The van der Waals surface area contributed by atoms with Crippen molar-refractivity contribution in [2.45, 2.75) is 51.1 Å². The third kappa shape index (κ3) is 6.57. The summed E-state index contributed by atoms with van der Waals surface area (Å²) in [6.45, 7) is 6.28. The predicted octanol–water partition coefficient (Wildman–Crippen LogP) is 5.99. The topological polar surface area (TPSA) is 75.7 Å². The Morgan fingerprint density at radius 1 is 1.00 bits per heavy atom. The van der Waals surface area contributed by atoms with Crippen molar-refractivity contribution in [2.24, 2.45) is 0 Å². The molecule has 0 saturated carbocycles. The number of rotatable bonds is 9. The fourth-order valence-electron chi connectivity index (χ4n) is 3.38. The SMILES string of the molecule is CCc1cccc(NC(=O)N(Cc2cccc(OS(=O)(=O)c3ccc(F)cc3)c2)C(C)CC)c1. The largest absolute Gasteiger partial charge is 0.379 e. The second-order valence-corrected chi connectivity index (χ2v) is 9.55. The van der Waals surface area contributed by atoms with Gasteiger partial charge in [0.25, 0.3) is 0 Å². The number of urea groups is 1. The van der Waals surface area contributed by atoms with E-state index in [-0.39, 0.29) is 29.3 Å². The average molecular weight is 485 g/mol. The normalized spacial score (nSPS) is 12.1. The molecule has 8 heteroatoms. The van der Waals surface area contributed by atoms with Crippen molar-refractivity contribution in [1.82, 2.24) is 4.90 Å². The Labute approximate surface area is 200 Å². The highest BCUT2D eigenvalue weighted by molar-refractivity contribution is 7.87. The van der Waals surface area contributed by atoms with Gasteiger partial charge in [-0.1, -0.05) is 38.1 Å². The van der Waals surface area contributed by atoms with Crippen LogP contribution in [0.25, 0.3) is 0 Å². The van der Waals surface area contributed by atoms with E-state index in [0.717, 1.165) is 48.4 Å². The molecule has 0 aliphatic heterocycles. The molecule has 1 unspecified atom stereocenters. The van der Waals surface area contributed by atoms with Crippen LogP contribution in [-0.4, -0.2) is 25.4 Å². The highest BCUT2D eigenvalue weighted by atomic mass is 32.2. The van der Waals surface area contributed by atoms with Crippen molar-refractivity contribution < 1.29 is 21.8 Å². The minimum absolute atomic E-state index is 0.0538. The summed E-state index contributed by atoms with van der Waals surface area (Å²) < 4.78 is 43.5. The number of nitrogens with one attached hydrogen (secondary N) is 1. The fraction of sp³-hybridized carbons (Fsp3) is 0.269. The maximum atomic E-state index is 13.1.